The molecule has 2 N–H and O–H groups in total. The Bertz CT molecular complexity index is 1200. The van der Waals surface area contributed by atoms with E-state index in [2.05, 4.69) is 10.3 Å². The summed E-state index contributed by atoms with van der Waals surface area (Å²) in [6.07, 6.45) is 3.07. The number of pyridine rings is 1. The number of benzene rings is 3. The molecular weight excluding hydrogens is 360 g/mol. The fraction of sp³-hybridized carbons (Fsp3) is 0.0800. The van der Waals surface area contributed by atoms with Gasteiger partial charge in [-0.1, -0.05) is 60.7 Å². The Labute approximate surface area is 169 Å². The molecule has 1 unspecified atom stereocenters. The quantitative estimate of drug-likeness (QED) is 0.517. The largest absolute Gasteiger partial charge is 0.487 e. The van der Waals surface area contributed by atoms with Gasteiger partial charge in [0.05, 0.1) is 0 Å². The highest BCUT2D eigenvalue weighted by Gasteiger charge is 2.24. The van der Waals surface area contributed by atoms with Gasteiger partial charge in [-0.25, -0.2) is 0 Å². The summed E-state index contributed by atoms with van der Waals surface area (Å²) in [5.74, 6) is 0.747. The minimum Gasteiger partial charge on any atom is -0.487 e. The van der Waals surface area contributed by atoms with Crippen molar-refractivity contribution in [3.63, 3.8) is 0 Å². The van der Waals surface area contributed by atoms with Crippen LogP contribution in [0, 0.1) is 0 Å². The first-order valence-electron chi connectivity index (χ1n) is 9.60. The van der Waals surface area contributed by atoms with Crippen molar-refractivity contribution >= 4 is 28.2 Å². The van der Waals surface area contributed by atoms with Crippen molar-refractivity contribution in [2.24, 2.45) is 0 Å². The highest BCUT2D eigenvalue weighted by atomic mass is 16.5. The molecule has 0 saturated carbocycles. The number of nitrogens with one attached hydrogen (secondary N) is 1. The van der Waals surface area contributed by atoms with E-state index in [9.17, 15) is 5.11 Å². The predicted molar refractivity (Wildman–Crippen MR) is 116 cm³/mol. The number of fused-ring (bicyclic) bond motifs is 2. The molecule has 4 heteroatoms. The Morgan fingerprint density at radius 1 is 0.931 bits per heavy atom. The first-order valence-corrected chi connectivity index (χ1v) is 9.60. The van der Waals surface area contributed by atoms with E-state index in [0.717, 1.165) is 44.6 Å². The maximum atomic E-state index is 10.5. The molecule has 29 heavy (non-hydrogen) atoms. The van der Waals surface area contributed by atoms with Crippen molar-refractivity contribution < 1.29 is 9.84 Å². The molecule has 1 aliphatic rings. The van der Waals surface area contributed by atoms with Gasteiger partial charge < -0.3 is 15.2 Å². The molecule has 0 saturated heterocycles. The molecule has 4 aromatic rings. The van der Waals surface area contributed by atoms with Crippen LogP contribution < -0.4 is 10.1 Å². The van der Waals surface area contributed by atoms with Gasteiger partial charge in [0.1, 0.15) is 17.9 Å². The lowest BCUT2D eigenvalue weighted by Crippen LogP contribution is -2.12. The van der Waals surface area contributed by atoms with Crippen molar-refractivity contribution in [1.29, 1.82) is 0 Å². The maximum absolute atomic E-state index is 10.5. The van der Waals surface area contributed by atoms with Gasteiger partial charge in [-0.3, -0.25) is 4.98 Å². The molecule has 1 aromatic heterocycles. The molecule has 0 fully saturated rings. The topological polar surface area (TPSA) is 54.4 Å². The van der Waals surface area contributed by atoms with Gasteiger partial charge in [-0.05, 0) is 35.4 Å². The molecule has 4 nitrogen and oxygen atoms in total. The van der Waals surface area contributed by atoms with Crippen LogP contribution in [-0.2, 0) is 6.61 Å². The fourth-order valence-corrected chi connectivity index (χ4v) is 3.70. The summed E-state index contributed by atoms with van der Waals surface area (Å²) >= 11 is 0. The average molecular weight is 380 g/mol. The molecule has 0 amide bonds. The van der Waals surface area contributed by atoms with Crippen LogP contribution >= 0.6 is 0 Å². The Kier molecular flexibility index (Phi) is 4.47. The van der Waals surface area contributed by atoms with Crippen LogP contribution in [0.15, 0.2) is 85.1 Å². The lowest BCUT2D eigenvalue weighted by molar-refractivity contribution is 0.266. The molecular formula is C25H20N2O2. The van der Waals surface area contributed by atoms with E-state index in [1.165, 1.54) is 0 Å². The van der Waals surface area contributed by atoms with Crippen LogP contribution in [0.4, 0.5) is 5.69 Å². The van der Waals surface area contributed by atoms with Gasteiger partial charge in [0, 0.05) is 28.4 Å². The molecule has 3 aromatic carbocycles. The molecule has 0 aliphatic carbocycles. The normalized spacial score (nSPS) is 16.6. The van der Waals surface area contributed by atoms with Crippen LogP contribution in [0.5, 0.6) is 5.75 Å². The molecule has 1 aliphatic heterocycles. The van der Waals surface area contributed by atoms with Gasteiger partial charge >= 0.3 is 0 Å². The number of rotatable bonds is 4. The first-order chi connectivity index (χ1) is 14.3. The lowest BCUT2D eigenvalue weighted by Gasteiger charge is -2.12. The van der Waals surface area contributed by atoms with Gasteiger partial charge in [-0.2, -0.15) is 0 Å². The minimum absolute atomic E-state index is 0.489. The summed E-state index contributed by atoms with van der Waals surface area (Å²) in [5, 5.41) is 14.6. The van der Waals surface area contributed by atoms with Crippen molar-refractivity contribution in [3.05, 3.63) is 102 Å². The number of hydrogen-bond acceptors (Lipinski definition) is 4. The third-order valence-electron chi connectivity index (χ3n) is 5.14. The summed E-state index contributed by atoms with van der Waals surface area (Å²) in [5.41, 5.74) is 5.72. The Hall–Kier alpha value is -3.63. The molecule has 0 spiro atoms. The van der Waals surface area contributed by atoms with E-state index < -0.39 is 6.23 Å². The van der Waals surface area contributed by atoms with Gasteiger partial charge in [0.15, 0.2) is 6.23 Å². The van der Waals surface area contributed by atoms with Gasteiger partial charge in [0.2, 0.25) is 0 Å². The van der Waals surface area contributed by atoms with E-state index in [0.29, 0.717) is 6.61 Å². The lowest BCUT2D eigenvalue weighted by atomic mass is 10.0. The molecule has 142 valence electrons. The Morgan fingerprint density at radius 3 is 2.66 bits per heavy atom. The number of aliphatic hydroxyl groups is 1. The van der Waals surface area contributed by atoms with Crippen molar-refractivity contribution in [2.45, 2.75) is 12.8 Å². The van der Waals surface area contributed by atoms with Gasteiger partial charge in [0.25, 0.3) is 0 Å². The Balaban J connectivity index is 1.53. The fourth-order valence-electron chi connectivity index (χ4n) is 3.70. The number of para-hydroxylation sites is 1. The number of hydrogen-bond donors (Lipinski definition) is 2. The van der Waals surface area contributed by atoms with Crippen LogP contribution in [0.25, 0.3) is 22.6 Å². The van der Waals surface area contributed by atoms with Crippen LogP contribution in [-0.4, -0.2) is 16.3 Å². The molecule has 5 rings (SSSR count). The van der Waals surface area contributed by atoms with Gasteiger partial charge in [-0.15, -0.1) is 0 Å². The smallest absolute Gasteiger partial charge is 0.151 e. The summed E-state index contributed by atoms with van der Waals surface area (Å²) in [6, 6.07) is 25.9. The second kappa shape index (κ2) is 7.41. The van der Waals surface area contributed by atoms with E-state index in [4.69, 9.17) is 4.74 Å². The summed E-state index contributed by atoms with van der Waals surface area (Å²) in [6.45, 7) is 0.489. The van der Waals surface area contributed by atoms with E-state index in [1.807, 2.05) is 84.9 Å². The Morgan fingerprint density at radius 2 is 1.76 bits per heavy atom. The van der Waals surface area contributed by atoms with Crippen LogP contribution in [0.3, 0.4) is 0 Å². The maximum Gasteiger partial charge on any atom is 0.151 e. The zero-order chi connectivity index (χ0) is 19.6. The van der Waals surface area contributed by atoms with E-state index in [1.54, 1.807) is 6.20 Å². The van der Waals surface area contributed by atoms with Crippen LogP contribution in [0.1, 0.15) is 16.7 Å². The monoisotopic (exact) mass is 380 g/mol. The number of aromatic nitrogens is 1. The van der Waals surface area contributed by atoms with Crippen molar-refractivity contribution in [3.8, 4) is 5.75 Å². The third kappa shape index (κ3) is 3.35. The number of aliphatic hydroxyl groups excluding tert-OH is 1. The molecule has 0 radical (unpaired) electrons. The highest BCUT2D eigenvalue weighted by Crippen LogP contribution is 2.37. The zero-order valence-corrected chi connectivity index (χ0v) is 15.7. The second-order valence-corrected chi connectivity index (χ2v) is 7.02. The summed E-state index contributed by atoms with van der Waals surface area (Å²) in [7, 11) is 0. The number of ether oxygens (including phenoxy) is 1. The van der Waals surface area contributed by atoms with Crippen molar-refractivity contribution in [2.75, 3.05) is 5.32 Å². The zero-order valence-electron chi connectivity index (χ0n) is 15.7. The molecule has 1 atom stereocenters. The minimum atomic E-state index is -0.729. The standard InChI is InChI=1S/C25H20N2O2/c28-25-21(20-9-4-5-11-22(20)27-25)15-18-12-13-23(24-19(18)10-6-14-26-24)29-16-17-7-2-1-3-8-17/h1-15,25,27-28H,16H2. The molecule has 2 heterocycles. The molecule has 0 bridgehead atoms. The summed E-state index contributed by atoms with van der Waals surface area (Å²) in [4.78, 5) is 4.56. The van der Waals surface area contributed by atoms with E-state index >= 15 is 0 Å². The summed E-state index contributed by atoms with van der Waals surface area (Å²) < 4.78 is 6.06. The third-order valence-corrected chi connectivity index (χ3v) is 5.14. The van der Waals surface area contributed by atoms with Crippen LogP contribution in [0.2, 0.25) is 0 Å². The van der Waals surface area contributed by atoms with Crippen molar-refractivity contribution in [1.82, 2.24) is 4.98 Å². The predicted octanol–water partition coefficient (Wildman–Crippen LogP) is 5.10. The average Bonchev–Trinajstić information content (AvgIpc) is 3.09. The SMILES string of the molecule is OC1Nc2ccccc2C1=Cc1ccc(OCc2ccccc2)c2ncccc12. The number of anilines is 1. The second-order valence-electron chi connectivity index (χ2n) is 7.02. The van der Waals surface area contributed by atoms with E-state index in [-0.39, 0.29) is 0 Å². The number of nitrogens with zero attached hydrogens (tertiary/aromatic N) is 1. The highest BCUT2D eigenvalue weighted by molar-refractivity contribution is 6.00. The first kappa shape index (κ1) is 17.5.